The summed E-state index contributed by atoms with van der Waals surface area (Å²) in [5, 5.41) is 12.7. The minimum atomic E-state index is -0.795. The number of nitrogens with zero attached hydrogens (tertiary/aromatic N) is 4. The number of para-hydroxylation sites is 2. The number of aromatic nitrogens is 4. The summed E-state index contributed by atoms with van der Waals surface area (Å²) in [5.74, 6) is -0.301. The zero-order valence-electron chi connectivity index (χ0n) is 18.3. The van der Waals surface area contributed by atoms with Crippen molar-refractivity contribution in [1.29, 1.82) is 0 Å². The second-order valence-corrected chi connectivity index (χ2v) is 7.82. The standard InChI is InChI=1S/C24H25N5O2/c1-14-10-9-11-15(2)21(14)25-23(30)18(5)29-24(31)22-20(16(3)26-29)17(4)28(27-22)19-12-7-6-8-13-19/h6-13,18H,1-5H3,(H,25,30). The summed E-state index contributed by atoms with van der Waals surface area (Å²) in [7, 11) is 0. The van der Waals surface area contributed by atoms with E-state index in [4.69, 9.17) is 0 Å². The third kappa shape index (κ3) is 3.52. The van der Waals surface area contributed by atoms with Gasteiger partial charge < -0.3 is 5.32 Å². The summed E-state index contributed by atoms with van der Waals surface area (Å²) in [4.78, 5) is 26.2. The van der Waals surface area contributed by atoms with E-state index in [0.29, 0.717) is 16.6 Å². The molecular formula is C24H25N5O2. The van der Waals surface area contributed by atoms with E-state index >= 15 is 0 Å². The molecule has 0 radical (unpaired) electrons. The first-order valence-electron chi connectivity index (χ1n) is 10.2. The summed E-state index contributed by atoms with van der Waals surface area (Å²) in [6.07, 6.45) is 0. The van der Waals surface area contributed by atoms with Gasteiger partial charge in [-0.05, 0) is 57.9 Å². The van der Waals surface area contributed by atoms with Gasteiger partial charge in [0.15, 0.2) is 5.52 Å². The van der Waals surface area contributed by atoms with Crippen LogP contribution >= 0.6 is 0 Å². The molecule has 7 heteroatoms. The van der Waals surface area contributed by atoms with E-state index in [1.54, 1.807) is 11.6 Å². The summed E-state index contributed by atoms with van der Waals surface area (Å²) in [6, 6.07) is 14.7. The van der Waals surface area contributed by atoms with Crippen molar-refractivity contribution in [2.24, 2.45) is 0 Å². The van der Waals surface area contributed by atoms with Crippen LogP contribution in [0.15, 0.2) is 53.3 Å². The van der Waals surface area contributed by atoms with E-state index in [-0.39, 0.29) is 11.5 Å². The Balaban J connectivity index is 1.77. The topological polar surface area (TPSA) is 81.8 Å². The van der Waals surface area contributed by atoms with Crippen molar-refractivity contribution < 1.29 is 4.79 Å². The number of benzene rings is 2. The van der Waals surface area contributed by atoms with E-state index in [1.807, 2.05) is 76.2 Å². The zero-order valence-corrected chi connectivity index (χ0v) is 18.3. The molecule has 1 N–H and O–H groups in total. The van der Waals surface area contributed by atoms with Crippen LogP contribution in [0.3, 0.4) is 0 Å². The number of nitrogens with one attached hydrogen (secondary N) is 1. The minimum Gasteiger partial charge on any atom is -0.324 e. The van der Waals surface area contributed by atoms with Crippen molar-refractivity contribution in [3.05, 3.63) is 81.4 Å². The van der Waals surface area contributed by atoms with Crippen molar-refractivity contribution >= 4 is 22.5 Å². The highest BCUT2D eigenvalue weighted by Gasteiger charge is 2.23. The Morgan fingerprint density at radius 3 is 2.23 bits per heavy atom. The predicted molar refractivity (Wildman–Crippen MR) is 122 cm³/mol. The quantitative estimate of drug-likeness (QED) is 0.546. The molecule has 1 unspecified atom stereocenters. The van der Waals surface area contributed by atoms with Crippen LogP contribution in [-0.4, -0.2) is 25.5 Å². The number of fused-ring (bicyclic) bond motifs is 1. The highest BCUT2D eigenvalue weighted by atomic mass is 16.2. The molecule has 31 heavy (non-hydrogen) atoms. The van der Waals surface area contributed by atoms with Gasteiger partial charge in [-0.15, -0.1) is 0 Å². The van der Waals surface area contributed by atoms with Gasteiger partial charge in [-0.2, -0.15) is 10.2 Å². The van der Waals surface area contributed by atoms with Gasteiger partial charge in [0.05, 0.1) is 22.5 Å². The van der Waals surface area contributed by atoms with Crippen molar-refractivity contribution in [1.82, 2.24) is 19.6 Å². The van der Waals surface area contributed by atoms with Gasteiger partial charge in [0, 0.05) is 5.69 Å². The number of anilines is 1. The molecular weight excluding hydrogens is 390 g/mol. The Hall–Kier alpha value is -3.74. The highest BCUT2D eigenvalue weighted by molar-refractivity contribution is 5.95. The molecule has 158 valence electrons. The van der Waals surface area contributed by atoms with E-state index in [0.717, 1.165) is 28.2 Å². The molecule has 1 atom stereocenters. The maximum absolute atomic E-state index is 13.3. The van der Waals surface area contributed by atoms with Crippen molar-refractivity contribution in [3.8, 4) is 5.69 Å². The molecule has 0 bridgehead atoms. The lowest BCUT2D eigenvalue weighted by Gasteiger charge is -2.17. The molecule has 2 aromatic carbocycles. The smallest absolute Gasteiger partial charge is 0.295 e. The predicted octanol–water partition coefficient (Wildman–Crippen LogP) is 4.02. The third-order valence-corrected chi connectivity index (χ3v) is 5.62. The summed E-state index contributed by atoms with van der Waals surface area (Å²) in [6.45, 7) is 9.29. The fourth-order valence-electron chi connectivity index (χ4n) is 3.88. The van der Waals surface area contributed by atoms with Gasteiger partial charge in [0.1, 0.15) is 6.04 Å². The normalized spacial score (nSPS) is 12.2. The second kappa shape index (κ2) is 7.83. The fraction of sp³-hybridized carbons (Fsp3) is 0.250. The van der Waals surface area contributed by atoms with Crippen LogP contribution in [0.2, 0.25) is 0 Å². The first-order valence-corrected chi connectivity index (χ1v) is 10.2. The summed E-state index contributed by atoms with van der Waals surface area (Å²) >= 11 is 0. The summed E-state index contributed by atoms with van der Waals surface area (Å²) in [5.41, 5.74) is 4.96. The van der Waals surface area contributed by atoms with Crippen LogP contribution in [0.1, 0.15) is 35.5 Å². The first kappa shape index (κ1) is 20.5. The molecule has 4 rings (SSSR count). The number of amides is 1. The molecule has 0 fully saturated rings. The molecule has 0 saturated heterocycles. The number of carbonyl (C=O) groups excluding carboxylic acids is 1. The average molecular weight is 415 g/mol. The van der Waals surface area contributed by atoms with Crippen LogP contribution in [0.5, 0.6) is 0 Å². The zero-order chi connectivity index (χ0) is 22.3. The van der Waals surface area contributed by atoms with Crippen LogP contribution < -0.4 is 10.9 Å². The Morgan fingerprint density at radius 1 is 0.935 bits per heavy atom. The fourth-order valence-corrected chi connectivity index (χ4v) is 3.88. The van der Waals surface area contributed by atoms with Gasteiger partial charge in [-0.1, -0.05) is 36.4 Å². The SMILES string of the molecule is Cc1cccc(C)c1NC(=O)C(C)n1nc(C)c2c(C)n(-c3ccccc3)nc2c1=O. The lowest BCUT2D eigenvalue weighted by molar-refractivity contribution is -0.119. The van der Waals surface area contributed by atoms with E-state index < -0.39 is 6.04 Å². The van der Waals surface area contributed by atoms with E-state index in [9.17, 15) is 9.59 Å². The van der Waals surface area contributed by atoms with Crippen molar-refractivity contribution in [2.45, 2.75) is 40.7 Å². The summed E-state index contributed by atoms with van der Waals surface area (Å²) < 4.78 is 2.97. The van der Waals surface area contributed by atoms with Gasteiger partial charge in [-0.25, -0.2) is 9.36 Å². The number of rotatable bonds is 4. The molecule has 0 aliphatic heterocycles. The number of hydrogen-bond donors (Lipinski definition) is 1. The van der Waals surface area contributed by atoms with Gasteiger partial charge in [-0.3, -0.25) is 9.59 Å². The molecule has 2 heterocycles. The number of carbonyl (C=O) groups is 1. The molecule has 0 aliphatic rings. The molecule has 7 nitrogen and oxygen atoms in total. The van der Waals surface area contributed by atoms with Crippen LogP contribution in [0, 0.1) is 27.7 Å². The maximum Gasteiger partial charge on any atom is 0.295 e. The van der Waals surface area contributed by atoms with E-state index in [2.05, 4.69) is 15.5 Å². The van der Waals surface area contributed by atoms with Crippen LogP contribution in [0.4, 0.5) is 5.69 Å². The lowest BCUT2D eigenvalue weighted by Crippen LogP contribution is -2.34. The molecule has 0 spiro atoms. The third-order valence-electron chi connectivity index (χ3n) is 5.62. The Kier molecular flexibility index (Phi) is 5.19. The Bertz CT molecular complexity index is 1330. The average Bonchev–Trinajstić information content (AvgIpc) is 3.11. The second-order valence-electron chi connectivity index (χ2n) is 7.82. The Morgan fingerprint density at radius 2 is 1.58 bits per heavy atom. The molecule has 0 aliphatic carbocycles. The monoisotopic (exact) mass is 415 g/mol. The molecule has 4 aromatic rings. The lowest BCUT2D eigenvalue weighted by atomic mass is 10.1. The molecule has 0 saturated carbocycles. The van der Waals surface area contributed by atoms with E-state index in [1.165, 1.54) is 4.68 Å². The van der Waals surface area contributed by atoms with Crippen molar-refractivity contribution in [3.63, 3.8) is 0 Å². The number of hydrogen-bond acceptors (Lipinski definition) is 4. The van der Waals surface area contributed by atoms with Gasteiger partial charge in [0.25, 0.3) is 5.56 Å². The van der Waals surface area contributed by atoms with Crippen LogP contribution in [0.25, 0.3) is 16.6 Å². The van der Waals surface area contributed by atoms with Crippen molar-refractivity contribution in [2.75, 3.05) is 5.32 Å². The highest BCUT2D eigenvalue weighted by Crippen LogP contribution is 2.23. The van der Waals surface area contributed by atoms with Gasteiger partial charge in [0.2, 0.25) is 5.91 Å². The Labute approximate surface area is 180 Å². The maximum atomic E-state index is 13.3. The minimum absolute atomic E-state index is 0.301. The van der Waals surface area contributed by atoms with Gasteiger partial charge >= 0.3 is 0 Å². The molecule has 2 aromatic heterocycles. The van der Waals surface area contributed by atoms with Crippen LogP contribution in [-0.2, 0) is 4.79 Å². The first-order chi connectivity index (χ1) is 14.8. The molecule has 1 amide bonds. The number of aryl methyl sites for hydroxylation is 4. The largest absolute Gasteiger partial charge is 0.324 e.